The molecular formula is C18H22N2O4. The molecule has 0 aliphatic carbocycles. The molecule has 1 heterocycles. The van der Waals surface area contributed by atoms with Crippen molar-refractivity contribution in [1.29, 1.82) is 0 Å². The molecule has 6 heteroatoms. The fraction of sp³-hybridized carbons (Fsp3) is 0.333. The number of carbonyl (C=O) groups is 2. The molecule has 1 amide bonds. The molecule has 6 nitrogen and oxygen atoms in total. The van der Waals surface area contributed by atoms with E-state index in [2.05, 4.69) is 10.3 Å². The lowest BCUT2D eigenvalue weighted by molar-refractivity contribution is 0.0458. The van der Waals surface area contributed by atoms with Crippen molar-refractivity contribution in [3.8, 4) is 0 Å². The van der Waals surface area contributed by atoms with Gasteiger partial charge in [-0.2, -0.15) is 0 Å². The predicted octanol–water partition coefficient (Wildman–Crippen LogP) is 3.40. The standard InChI is InChI=1S/C18H22N2O4/c1-18(2,3)24-17(22)20-11-14-9-10-19-15(14)16(21)23-12-13-7-5-4-6-8-13/h4-10,19H,11-12H2,1-3H3,(H,20,22). The fourth-order valence-corrected chi connectivity index (χ4v) is 2.02. The number of esters is 1. The van der Waals surface area contributed by atoms with Crippen molar-refractivity contribution in [3.63, 3.8) is 0 Å². The summed E-state index contributed by atoms with van der Waals surface area (Å²) >= 11 is 0. The Balaban J connectivity index is 1.89. The van der Waals surface area contributed by atoms with E-state index in [0.29, 0.717) is 11.3 Å². The number of amides is 1. The number of aromatic nitrogens is 1. The summed E-state index contributed by atoms with van der Waals surface area (Å²) in [6, 6.07) is 11.1. The minimum atomic E-state index is -0.570. The molecule has 1 aromatic carbocycles. The minimum Gasteiger partial charge on any atom is -0.456 e. The Morgan fingerprint density at radius 2 is 1.83 bits per heavy atom. The first-order valence-electron chi connectivity index (χ1n) is 7.69. The number of carbonyl (C=O) groups excluding carboxylic acids is 2. The van der Waals surface area contributed by atoms with Gasteiger partial charge in [0.05, 0.1) is 0 Å². The van der Waals surface area contributed by atoms with Gasteiger partial charge >= 0.3 is 12.1 Å². The van der Waals surface area contributed by atoms with Crippen molar-refractivity contribution < 1.29 is 19.1 Å². The number of aromatic amines is 1. The SMILES string of the molecule is CC(C)(C)OC(=O)NCc1cc[nH]c1C(=O)OCc1ccccc1. The second-order valence-electron chi connectivity index (χ2n) is 6.30. The van der Waals surface area contributed by atoms with Crippen LogP contribution < -0.4 is 5.32 Å². The van der Waals surface area contributed by atoms with Crippen LogP contribution >= 0.6 is 0 Å². The quantitative estimate of drug-likeness (QED) is 0.824. The van der Waals surface area contributed by atoms with Gasteiger partial charge in [0.15, 0.2) is 0 Å². The number of hydrogen-bond acceptors (Lipinski definition) is 4. The Kier molecular flexibility index (Phi) is 5.63. The summed E-state index contributed by atoms with van der Waals surface area (Å²) in [6.45, 7) is 5.73. The number of alkyl carbamates (subject to hydrolysis) is 1. The molecule has 2 aromatic rings. The van der Waals surface area contributed by atoms with Gasteiger partial charge in [0.25, 0.3) is 0 Å². The summed E-state index contributed by atoms with van der Waals surface area (Å²) in [4.78, 5) is 26.7. The van der Waals surface area contributed by atoms with Gasteiger partial charge in [0, 0.05) is 18.3 Å². The summed E-state index contributed by atoms with van der Waals surface area (Å²) in [5, 5.41) is 2.62. The van der Waals surface area contributed by atoms with Crippen LogP contribution in [-0.4, -0.2) is 22.6 Å². The average Bonchev–Trinajstić information content (AvgIpc) is 2.98. The Bertz CT molecular complexity index is 687. The van der Waals surface area contributed by atoms with Crippen molar-refractivity contribution in [2.45, 2.75) is 39.5 Å². The summed E-state index contributed by atoms with van der Waals surface area (Å²) in [5.41, 5.74) is 1.30. The monoisotopic (exact) mass is 330 g/mol. The normalized spacial score (nSPS) is 11.0. The van der Waals surface area contributed by atoms with Crippen LogP contribution in [-0.2, 0) is 22.6 Å². The molecule has 24 heavy (non-hydrogen) atoms. The van der Waals surface area contributed by atoms with Gasteiger partial charge < -0.3 is 19.8 Å². The molecule has 0 aliphatic heterocycles. The Labute approximate surface area is 141 Å². The molecule has 1 aromatic heterocycles. The number of nitrogens with one attached hydrogen (secondary N) is 2. The second-order valence-corrected chi connectivity index (χ2v) is 6.30. The van der Waals surface area contributed by atoms with Crippen LogP contribution in [0.4, 0.5) is 4.79 Å². The highest BCUT2D eigenvalue weighted by atomic mass is 16.6. The lowest BCUT2D eigenvalue weighted by Gasteiger charge is -2.19. The molecule has 0 unspecified atom stereocenters. The lowest BCUT2D eigenvalue weighted by Crippen LogP contribution is -2.32. The maximum Gasteiger partial charge on any atom is 0.407 e. The summed E-state index contributed by atoms with van der Waals surface area (Å²) in [6.07, 6.45) is 1.10. The van der Waals surface area contributed by atoms with E-state index >= 15 is 0 Å². The molecule has 0 aliphatic rings. The van der Waals surface area contributed by atoms with Crippen LogP contribution in [0.2, 0.25) is 0 Å². The van der Waals surface area contributed by atoms with E-state index in [4.69, 9.17) is 9.47 Å². The van der Waals surface area contributed by atoms with Crippen LogP contribution in [0, 0.1) is 0 Å². The van der Waals surface area contributed by atoms with Crippen molar-refractivity contribution >= 4 is 12.1 Å². The molecule has 0 spiro atoms. The zero-order valence-corrected chi connectivity index (χ0v) is 14.1. The van der Waals surface area contributed by atoms with Gasteiger partial charge in [0.1, 0.15) is 17.9 Å². The third-order valence-electron chi connectivity index (χ3n) is 3.07. The summed E-state index contributed by atoms with van der Waals surface area (Å²) in [7, 11) is 0. The first-order chi connectivity index (χ1) is 11.3. The van der Waals surface area contributed by atoms with Crippen LogP contribution in [0.25, 0.3) is 0 Å². The lowest BCUT2D eigenvalue weighted by atomic mass is 10.2. The fourth-order valence-electron chi connectivity index (χ4n) is 2.02. The number of benzene rings is 1. The Morgan fingerprint density at radius 1 is 1.12 bits per heavy atom. The highest BCUT2D eigenvalue weighted by molar-refractivity contribution is 5.89. The molecule has 0 saturated heterocycles. The first kappa shape index (κ1) is 17.6. The van der Waals surface area contributed by atoms with E-state index in [1.165, 1.54) is 0 Å². The molecule has 128 valence electrons. The molecular weight excluding hydrogens is 308 g/mol. The molecule has 0 fully saturated rings. The van der Waals surface area contributed by atoms with Crippen LogP contribution in [0.3, 0.4) is 0 Å². The molecule has 0 saturated carbocycles. The first-order valence-corrected chi connectivity index (χ1v) is 7.69. The van der Waals surface area contributed by atoms with Gasteiger partial charge in [-0.25, -0.2) is 9.59 Å². The third-order valence-corrected chi connectivity index (χ3v) is 3.07. The smallest absolute Gasteiger partial charge is 0.407 e. The minimum absolute atomic E-state index is 0.175. The molecule has 2 rings (SSSR count). The van der Waals surface area contributed by atoms with Gasteiger partial charge in [-0.05, 0) is 32.4 Å². The largest absolute Gasteiger partial charge is 0.456 e. The van der Waals surface area contributed by atoms with E-state index in [1.807, 2.05) is 30.3 Å². The topological polar surface area (TPSA) is 80.4 Å². The van der Waals surface area contributed by atoms with E-state index in [0.717, 1.165) is 5.56 Å². The number of hydrogen-bond donors (Lipinski definition) is 2. The maximum atomic E-state index is 12.2. The predicted molar refractivity (Wildman–Crippen MR) is 89.4 cm³/mol. The number of H-pyrrole nitrogens is 1. The van der Waals surface area contributed by atoms with E-state index in [1.54, 1.807) is 33.0 Å². The zero-order valence-electron chi connectivity index (χ0n) is 14.1. The van der Waals surface area contributed by atoms with Crippen LogP contribution in [0.5, 0.6) is 0 Å². The van der Waals surface area contributed by atoms with Crippen molar-refractivity contribution in [1.82, 2.24) is 10.3 Å². The van der Waals surface area contributed by atoms with Gasteiger partial charge in [-0.15, -0.1) is 0 Å². The summed E-state index contributed by atoms with van der Waals surface area (Å²) < 4.78 is 10.5. The number of ether oxygens (including phenoxy) is 2. The zero-order chi connectivity index (χ0) is 17.6. The molecule has 0 radical (unpaired) electrons. The molecule has 0 bridgehead atoms. The second kappa shape index (κ2) is 7.68. The van der Waals surface area contributed by atoms with E-state index < -0.39 is 17.7 Å². The van der Waals surface area contributed by atoms with Crippen LogP contribution in [0.1, 0.15) is 42.4 Å². The van der Waals surface area contributed by atoms with E-state index in [-0.39, 0.29) is 13.2 Å². The number of rotatable bonds is 5. The van der Waals surface area contributed by atoms with Crippen LogP contribution in [0.15, 0.2) is 42.6 Å². The Hall–Kier alpha value is -2.76. The highest BCUT2D eigenvalue weighted by Crippen LogP contribution is 2.11. The van der Waals surface area contributed by atoms with Crippen molar-refractivity contribution in [2.75, 3.05) is 0 Å². The molecule has 2 N–H and O–H groups in total. The third kappa shape index (κ3) is 5.46. The van der Waals surface area contributed by atoms with Crippen molar-refractivity contribution in [2.24, 2.45) is 0 Å². The van der Waals surface area contributed by atoms with Crippen molar-refractivity contribution in [3.05, 3.63) is 59.4 Å². The average molecular weight is 330 g/mol. The van der Waals surface area contributed by atoms with Gasteiger partial charge in [-0.3, -0.25) is 0 Å². The summed E-state index contributed by atoms with van der Waals surface area (Å²) in [5.74, 6) is -0.468. The van der Waals surface area contributed by atoms with Gasteiger partial charge in [-0.1, -0.05) is 30.3 Å². The van der Waals surface area contributed by atoms with E-state index in [9.17, 15) is 9.59 Å². The van der Waals surface area contributed by atoms with Gasteiger partial charge in [0.2, 0.25) is 0 Å². The highest BCUT2D eigenvalue weighted by Gasteiger charge is 2.18. The Morgan fingerprint density at radius 3 is 2.50 bits per heavy atom. The maximum absolute atomic E-state index is 12.2. The molecule has 0 atom stereocenters.